The summed E-state index contributed by atoms with van der Waals surface area (Å²) in [6.45, 7) is 3.23. The number of hydrogen-bond donors (Lipinski definition) is 0. The summed E-state index contributed by atoms with van der Waals surface area (Å²) in [7, 11) is 2.09. The lowest BCUT2D eigenvalue weighted by molar-refractivity contribution is 0.511. The highest BCUT2D eigenvalue weighted by Gasteiger charge is 1.93. The van der Waals surface area contributed by atoms with Gasteiger partial charge in [-0.15, -0.1) is 0 Å². The average Bonchev–Trinajstić information content (AvgIpc) is 1.97. The maximum absolute atomic E-state index is 2.26. The summed E-state index contributed by atoms with van der Waals surface area (Å²) < 4.78 is 0. The SMILES string of the molecule is CC1=CCN(C)C=CC1. The quantitative estimate of drug-likeness (QED) is 0.444. The molecular formula is C8H13N. The van der Waals surface area contributed by atoms with Gasteiger partial charge >= 0.3 is 0 Å². The van der Waals surface area contributed by atoms with Crippen LogP contribution in [0.3, 0.4) is 0 Å². The molecule has 0 aromatic rings. The van der Waals surface area contributed by atoms with Crippen molar-refractivity contribution in [2.24, 2.45) is 0 Å². The highest BCUT2D eigenvalue weighted by molar-refractivity contribution is 5.08. The van der Waals surface area contributed by atoms with E-state index in [1.807, 2.05) is 0 Å². The molecule has 1 heterocycles. The Morgan fingerprint density at radius 1 is 1.56 bits per heavy atom. The molecule has 0 unspecified atom stereocenters. The van der Waals surface area contributed by atoms with E-state index in [1.54, 1.807) is 0 Å². The van der Waals surface area contributed by atoms with Crippen LogP contribution in [0, 0.1) is 0 Å². The first kappa shape index (κ1) is 6.40. The van der Waals surface area contributed by atoms with Gasteiger partial charge in [0, 0.05) is 13.6 Å². The van der Waals surface area contributed by atoms with E-state index in [1.165, 1.54) is 5.57 Å². The van der Waals surface area contributed by atoms with Crippen molar-refractivity contribution in [2.75, 3.05) is 13.6 Å². The molecule has 1 aliphatic rings. The first-order chi connectivity index (χ1) is 4.29. The molecule has 0 spiro atoms. The second-order valence-corrected chi connectivity index (χ2v) is 2.58. The predicted octanol–water partition coefficient (Wildman–Crippen LogP) is 1.78. The van der Waals surface area contributed by atoms with E-state index in [9.17, 15) is 0 Å². The zero-order valence-corrected chi connectivity index (χ0v) is 6.09. The molecule has 0 atom stereocenters. The monoisotopic (exact) mass is 123 g/mol. The second-order valence-electron chi connectivity index (χ2n) is 2.58. The zero-order valence-electron chi connectivity index (χ0n) is 6.09. The van der Waals surface area contributed by atoms with Crippen LogP contribution in [-0.4, -0.2) is 18.5 Å². The van der Waals surface area contributed by atoms with Crippen LogP contribution in [0.15, 0.2) is 23.9 Å². The van der Waals surface area contributed by atoms with Crippen LogP contribution in [0.25, 0.3) is 0 Å². The molecule has 0 radical (unpaired) electrons. The van der Waals surface area contributed by atoms with E-state index in [4.69, 9.17) is 0 Å². The van der Waals surface area contributed by atoms with Gasteiger partial charge < -0.3 is 4.90 Å². The van der Waals surface area contributed by atoms with Gasteiger partial charge in [-0.3, -0.25) is 0 Å². The lowest BCUT2D eigenvalue weighted by Crippen LogP contribution is -2.08. The first-order valence-corrected chi connectivity index (χ1v) is 3.31. The van der Waals surface area contributed by atoms with Gasteiger partial charge in [0.05, 0.1) is 0 Å². The third-order valence-corrected chi connectivity index (χ3v) is 1.53. The maximum Gasteiger partial charge on any atom is 0.0353 e. The Balaban J connectivity index is 2.57. The molecule has 0 aromatic carbocycles. The summed E-state index contributed by atoms with van der Waals surface area (Å²) in [6.07, 6.45) is 7.70. The molecule has 9 heavy (non-hydrogen) atoms. The molecule has 0 fully saturated rings. The van der Waals surface area contributed by atoms with Gasteiger partial charge in [-0.1, -0.05) is 17.7 Å². The van der Waals surface area contributed by atoms with Crippen molar-refractivity contribution >= 4 is 0 Å². The molecule has 1 aliphatic heterocycles. The second kappa shape index (κ2) is 2.72. The minimum Gasteiger partial charge on any atom is -0.377 e. The average molecular weight is 123 g/mol. The number of allylic oxidation sites excluding steroid dienone is 2. The van der Waals surface area contributed by atoms with Gasteiger partial charge in [-0.05, 0) is 19.5 Å². The lowest BCUT2D eigenvalue weighted by atomic mass is 10.2. The van der Waals surface area contributed by atoms with Gasteiger partial charge in [0.2, 0.25) is 0 Å². The molecule has 1 nitrogen and oxygen atoms in total. The number of hydrogen-bond acceptors (Lipinski definition) is 1. The Morgan fingerprint density at radius 3 is 3.11 bits per heavy atom. The van der Waals surface area contributed by atoms with Crippen LogP contribution in [0.4, 0.5) is 0 Å². The molecule has 50 valence electrons. The number of rotatable bonds is 0. The maximum atomic E-state index is 2.26. The first-order valence-electron chi connectivity index (χ1n) is 3.31. The Bertz CT molecular complexity index is 145. The Morgan fingerprint density at radius 2 is 2.33 bits per heavy atom. The van der Waals surface area contributed by atoms with E-state index >= 15 is 0 Å². The molecule has 0 N–H and O–H groups in total. The fraction of sp³-hybridized carbons (Fsp3) is 0.500. The van der Waals surface area contributed by atoms with Crippen LogP contribution in [0.1, 0.15) is 13.3 Å². The lowest BCUT2D eigenvalue weighted by Gasteiger charge is -2.07. The number of nitrogens with zero attached hydrogens (tertiary/aromatic N) is 1. The van der Waals surface area contributed by atoms with Crippen LogP contribution in [0.5, 0.6) is 0 Å². The molecule has 0 aromatic heterocycles. The predicted molar refractivity (Wildman–Crippen MR) is 40.1 cm³/mol. The Kier molecular flexibility index (Phi) is 1.93. The molecule has 0 bridgehead atoms. The molecular weight excluding hydrogens is 110 g/mol. The van der Waals surface area contributed by atoms with Crippen molar-refractivity contribution in [3.8, 4) is 0 Å². The largest absolute Gasteiger partial charge is 0.377 e. The van der Waals surface area contributed by atoms with Crippen molar-refractivity contribution in [3.63, 3.8) is 0 Å². The summed E-state index contributed by atoms with van der Waals surface area (Å²) >= 11 is 0. The summed E-state index contributed by atoms with van der Waals surface area (Å²) in [5.41, 5.74) is 1.47. The summed E-state index contributed by atoms with van der Waals surface area (Å²) in [5, 5.41) is 0. The van der Waals surface area contributed by atoms with Gasteiger partial charge in [0.15, 0.2) is 0 Å². The van der Waals surface area contributed by atoms with Crippen molar-refractivity contribution in [3.05, 3.63) is 23.9 Å². The third kappa shape index (κ3) is 1.92. The minimum atomic E-state index is 1.06. The van der Waals surface area contributed by atoms with Crippen molar-refractivity contribution < 1.29 is 0 Å². The Labute approximate surface area is 56.7 Å². The summed E-state index contributed by atoms with van der Waals surface area (Å²) in [6, 6.07) is 0. The number of likely N-dealkylation sites (N-methyl/N-ethyl adjacent to an activating group) is 1. The molecule has 0 saturated carbocycles. The topological polar surface area (TPSA) is 3.24 Å². The Hall–Kier alpha value is -0.720. The molecule has 0 amide bonds. The smallest absolute Gasteiger partial charge is 0.0353 e. The standard InChI is InChI=1S/C8H13N/c1-8-4-3-6-9(2)7-5-8/h3,5-6H,4,7H2,1-2H3. The molecule has 1 rings (SSSR count). The van der Waals surface area contributed by atoms with Gasteiger partial charge in [-0.25, -0.2) is 0 Å². The van der Waals surface area contributed by atoms with Crippen molar-refractivity contribution in [1.82, 2.24) is 4.90 Å². The van der Waals surface area contributed by atoms with Crippen LogP contribution >= 0.6 is 0 Å². The fourth-order valence-corrected chi connectivity index (χ4v) is 0.863. The molecule has 0 saturated heterocycles. The van der Waals surface area contributed by atoms with Gasteiger partial charge in [0.1, 0.15) is 0 Å². The molecule has 0 aliphatic carbocycles. The van der Waals surface area contributed by atoms with Crippen LogP contribution in [0.2, 0.25) is 0 Å². The highest BCUT2D eigenvalue weighted by Crippen LogP contribution is 2.05. The zero-order chi connectivity index (χ0) is 6.69. The summed E-state index contributed by atoms with van der Waals surface area (Å²) in [5.74, 6) is 0. The van der Waals surface area contributed by atoms with Gasteiger partial charge in [-0.2, -0.15) is 0 Å². The highest BCUT2D eigenvalue weighted by atomic mass is 15.1. The molecule has 1 heteroatoms. The van der Waals surface area contributed by atoms with E-state index in [-0.39, 0.29) is 0 Å². The van der Waals surface area contributed by atoms with Crippen LogP contribution in [-0.2, 0) is 0 Å². The van der Waals surface area contributed by atoms with Crippen molar-refractivity contribution in [1.29, 1.82) is 0 Å². The van der Waals surface area contributed by atoms with Gasteiger partial charge in [0.25, 0.3) is 0 Å². The normalized spacial score (nSPS) is 19.3. The van der Waals surface area contributed by atoms with Crippen molar-refractivity contribution in [2.45, 2.75) is 13.3 Å². The summed E-state index contributed by atoms with van der Waals surface area (Å²) in [4.78, 5) is 2.18. The van der Waals surface area contributed by atoms with E-state index < -0.39 is 0 Å². The van der Waals surface area contributed by atoms with E-state index in [0.717, 1.165) is 13.0 Å². The fourth-order valence-electron chi connectivity index (χ4n) is 0.863. The van der Waals surface area contributed by atoms with Crippen LogP contribution < -0.4 is 0 Å². The van der Waals surface area contributed by atoms with E-state index in [0.29, 0.717) is 0 Å². The minimum absolute atomic E-state index is 1.06. The van der Waals surface area contributed by atoms with E-state index in [2.05, 4.69) is 37.2 Å². The third-order valence-electron chi connectivity index (χ3n) is 1.53.